The number of carboxylic acid groups (broad SMARTS) is 1. The van der Waals surface area contributed by atoms with Crippen LogP contribution in [0.3, 0.4) is 0 Å². The molecule has 0 saturated carbocycles. The molecule has 0 rings (SSSR count). The van der Waals surface area contributed by atoms with E-state index in [0.29, 0.717) is 0 Å². The second kappa shape index (κ2) is 5.11. The lowest BCUT2D eigenvalue weighted by Crippen LogP contribution is -2.57. The Kier molecular flexibility index (Phi) is 4.74. The van der Waals surface area contributed by atoms with Gasteiger partial charge in [0.25, 0.3) is 0 Å². The number of methoxy groups -OCH3 is 1. The first-order chi connectivity index (χ1) is 6.75. The number of carboxylic acids is 1. The van der Waals surface area contributed by atoms with Crippen LogP contribution in [0.4, 0.5) is 0 Å². The van der Waals surface area contributed by atoms with Gasteiger partial charge in [0.2, 0.25) is 5.91 Å². The smallest absolute Gasteiger partial charge is 0.329 e. The highest BCUT2D eigenvalue weighted by atomic mass is 16.5. The first kappa shape index (κ1) is 13.9. The second-order valence-electron chi connectivity index (χ2n) is 4.03. The number of carbonyl (C=O) groups excluding carboxylic acids is 1. The normalized spacial score (nSPS) is 16.9. The number of hydrogen-bond acceptors (Lipinski definition) is 3. The maximum Gasteiger partial charge on any atom is 0.329 e. The number of hydrogen-bond donors (Lipinski definition) is 2. The predicted octanol–water partition coefficient (Wildman–Crippen LogP) is 0.637. The molecule has 0 aromatic rings. The third-order valence-electron chi connectivity index (χ3n) is 2.70. The minimum absolute atomic E-state index is 0.206. The SMILES string of the molecule is COC(C)C(=O)NC(C)(C(=O)O)C(C)C. The van der Waals surface area contributed by atoms with Crippen molar-refractivity contribution in [2.24, 2.45) is 5.92 Å². The minimum Gasteiger partial charge on any atom is -0.480 e. The van der Waals surface area contributed by atoms with Crippen molar-refractivity contribution in [3.05, 3.63) is 0 Å². The molecule has 0 fully saturated rings. The Morgan fingerprint density at radius 3 is 2.07 bits per heavy atom. The maximum atomic E-state index is 11.5. The highest BCUT2D eigenvalue weighted by molar-refractivity contribution is 5.88. The summed E-state index contributed by atoms with van der Waals surface area (Å²) in [7, 11) is 1.40. The van der Waals surface area contributed by atoms with Crippen molar-refractivity contribution in [1.29, 1.82) is 0 Å². The van der Waals surface area contributed by atoms with E-state index in [1.807, 2.05) is 0 Å². The number of nitrogens with one attached hydrogen (secondary N) is 1. The number of aliphatic carboxylic acids is 1. The minimum atomic E-state index is -1.26. The molecule has 15 heavy (non-hydrogen) atoms. The molecule has 5 nitrogen and oxygen atoms in total. The predicted molar refractivity (Wildman–Crippen MR) is 55.5 cm³/mol. The molecular weight excluding hydrogens is 198 g/mol. The summed E-state index contributed by atoms with van der Waals surface area (Å²) in [4.78, 5) is 22.6. The molecule has 0 aliphatic carbocycles. The van der Waals surface area contributed by atoms with Gasteiger partial charge in [0.1, 0.15) is 11.6 Å². The third-order valence-corrected chi connectivity index (χ3v) is 2.70. The fraction of sp³-hybridized carbons (Fsp3) is 0.800. The lowest BCUT2D eigenvalue weighted by Gasteiger charge is -2.31. The molecule has 0 aliphatic heterocycles. The fourth-order valence-corrected chi connectivity index (χ4v) is 0.909. The van der Waals surface area contributed by atoms with E-state index in [4.69, 9.17) is 9.84 Å². The van der Waals surface area contributed by atoms with Gasteiger partial charge in [-0.2, -0.15) is 0 Å². The van der Waals surface area contributed by atoms with Gasteiger partial charge in [-0.3, -0.25) is 4.79 Å². The van der Waals surface area contributed by atoms with E-state index in [9.17, 15) is 9.59 Å². The highest BCUT2D eigenvalue weighted by Crippen LogP contribution is 2.17. The Morgan fingerprint density at radius 2 is 1.80 bits per heavy atom. The monoisotopic (exact) mass is 217 g/mol. The van der Waals surface area contributed by atoms with Crippen LogP contribution in [-0.4, -0.2) is 35.7 Å². The summed E-state index contributed by atoms with van der Waals surface area (Å²) >= 11 is 0. The van der Waals surface area contributed by atoms with Gasteiger partial charge in [-0.1, -0.05) is 13.8 Å². The Bertz CT molecular complexity index is 252. The number of carbonyl (C=O) groups is 2. The van der Waals surface area contributed by atoms with Gasteiger partial charge in [0.05, 0.1) is 0 Å². The molecule has 0 heterocycles. The van der Waals surface area contributed by atoms with Crippen LogP contribution in [0.25, 0.3) is 0 Å². The first-order valence-corrected chi connectivity index (χ1v) is 4.84. The fourth-order valence-electron chi connectivity index (χ4n) is 0.909. The Balaban J connectivity index is 4.71. The van der Waals surface area contributed by atoms with Crippen molar-refractivity contribution in [2.75, 3.05) is 7.11 Å². The van der Waals surface area contributed by atoms with Crippen molar-refractivity contribution < 1.29 is 19.4 Å². The van der Waals surface area contributed by atoms with E-state index >= 15 is 0 Å². The Morgan fingerprint density at radius 1 is 1.33 bits per heavy atom. The van der Waals surface area contributed by atoms with Crippen molar-refractivity contribution in [2.45, 2.75) is 39.3 Å². The summed E-state index contributed by atoms with van der Waals surface area (Å²) in [6.07, 6.45) is -0.651. The first-order valence-electron chi connectivity index (χ1n) is 4.84. The van der Waals surface area contributed by atoms with E-state index in [-0.39, 0.29) is 5.92 Å². The molecule has 88 valence electrons. The molecule has 2 unspecified atom stereocenters. The van der Waals surface area contributed by atoms with Gasteiger partial charge in [-0.15, -0.1) is 0 Å². The van der Waals surface area contributed by atoms with E-state index < -0.39 is 23.5 Å². The molecule has 2 N–H and O–H groups in total. The molecule has 0 radical (unpaired) electrons. The zero-order chi connectivity index (χ0) is 12.2. The average molecular weight is 217 g/mol. The molecule has 0 aromatic carbocycles. The van der Waals surface area contributed by atoms with Crippen LogP contribution in [-0.2, 0) is 14.3 Å². The topological polar surface area (TPSA) is 75.6 Å². The standard InChI is InChI=1S/C10H19NO4/c1-6(2)10(4,9(13)14)11-8(12)7(3)15-5/h6-7H,1-5H3,(H,11,12)(H,13,14). The summed E-state index contributed by atoms with van der Waals surface area (Å²) in [5.41, 5.74) is -1.26. The van der Waals surface area contributed by atoms with Crippen molar-refractivity contribution in [3.63, 3.8) is 0 Å². The molecule has 0 aromatic heterocycles. The molecule has 0 aliphatic rings. The quantitative estimate of drug-likeness (QED) is 0.708. The van der Waals surface area contributed by atoms with E-state index in [1.54, 1.807) is 20.8 Å². The zero-order valence-corrected chi connectivity index (χ0v) is 9.83. The van der Waals surface area contributed by atoms with Gasteiger partial charge < -0.3 is 15.2 Å². The van der Waals surface area contributed by atoms with Crippen LogP contribution < -0.4 is 5.32 Å². The highest BCUT2D eigenvalue weighted by Gasteiger charge is 2.38. The number of ether oxygens (including phenoxy) is 1. The maximum absolute atomic E-state index is 11.5. The van der Waals surface area contributed by atoms with E-state index in [1.165, 1.54) is 14.0 Å². The van der Waals surface area contributed by atoms with Crippen LogP contribution in [0.1, 0.15) is 27.7 Å². The van der Waals surface area contributed by atoms with Gasteiger partial charge in [-0.05, 0) is 19.8 Å². The third kappa shape index (κ3) is 3.20. The van der Waals surface area contributed by atoms with Gasteiger partial charge in [0.15, 0.2) is 0 Å². The summed E-state index contributed by atoms with van der Waals surface area (Å²) in [6, 6.07) is 0. The van der Waals surface area contributed by atoms with Crippen LogP contribution in [0.2, 0.25) is 0 Å². The lowest BCUT2D eigenvalue weighted by atomic mass is 9.88. The van der Waals surface area contributed by atoms with Crippen molar-refractivity contribution >= 4 is 11.9 Å². The van der Waals surface area contributed by atoms with Crippen LogP contribution in [0, 0.1) is 5.92 Å². The van der Waals surface area contributed by atoms with Gasteiger partial charge >= 0.3 is 5.97 Å². The zero-order valence-electron chi connectivity index (χ0n) is 9.83. The average Bonchev–Trinajstić information content (AvgIpc) is 2.15. The number of rotatable bonds is 5. The molecule has 0 spiro atoms. The summed E-state index contributed by atoms with van der Waals surface area (Å²) < 4.78 is 4.81. The van der Waals surface area contributed by atoms with Crippen LogP contribution in [0.5, 0.6) is 0 Å². The molecule has 0 bridgehead atoms. The Hall–Kier alpha value is -1.10. The second-order valence-corrected chi connectivity index (χ2v) is 4.03. The van der Waals surface area contributed by atoms with Gasteiger partial charge in [0, 0.05) is 7.11 Å². The summed E-state index contributed by atoms with van der Waals surface area (Å²) in [5.74, 6) is -1.67. The molecule has 1 amide bonds. The van der Waals surface area contributed by atoms with E-state index in [0.717, 1.165) is 0 Å². The lowest BCUT2D eigenvalue weighted by molar-refractivity contribution is -0.150. The molecule has 2 atom stereocenters. The number of amides is 1. The van der Waals surface area contributed by atoms with E-state index in [2.05, 4.69) is 5.32 Å². The largest absolute Gasteiger partial charge is 0.480 e. The molecule has 5 heteroatoms. The Labute approximate surface area is 89.8 Å². The summed E-state index contributed by atoms with van der Waals surface area (Å²) in [5, 5.41) is 11.5. The van der Waals surface area contributed by atoms with Gasteiger partial charge in [-0.25, -0.2) is 4.79 Å². The van der Waals surface area contributed by atoms with Crippen LogP contribution >= 0.6 is 0 Å². The van der Waals surface area contributed by atoms with Crippen molar-refractivity contribution in [3.8, 4) is 0 Å². The molecule has 0 saturated heterocycles. The van der Waals surface area contributed by atoms with Crippen LogP contribution in [0.15, 0.2) is 0 Å². The molecular formula is C10H19NO4. The summed E-state index contributed by atoms with van der Waals surface area (Å²) in [6.45, 7) is 6.54. The van der Waals surface area contributed by atoms with Crippen molar-refractivity contribution in [1.82, 2.24) is 5.32 Å².